The number of hydrogen-bond acceptors (Lipinski definition) is 18. The second kappa shape index (κ2) is 13.2. The van der Waals surface area contributed by atoms with Crippen LogP contribution >= 0.6 is 0 Å². The molecule has 18 nitrogen and oxygen atoms in total. The fraction of sp³-hybridized carbons (Fsp3) is 0.944. The Morgan fingerprint density at radius 2 is 0.361 bits per heavy atom. The Bertz CT molecular complexity index is 526. The highest BCUT2D eigenvalue weighted by Crippen LogP contribution is 2.22. The predicted octanol–water partition coefficient (Wildman–Crippen LogP) is -11.3. The van der Waals surface area contributed by atoms with Crippen molar-refractivity contribution in [3.8, 4) is 0 Å². The van der Waals surface area contributed by atoms with Gasteiger partial charge >= 0.3 is 0 Å². The molecular weight excluding hydrogens is 504 g/mol. The second-order valence-corrected chi connectivity index (χ2v) is 8.65. The van der Waals surface area contributed by atoms with E-state index in [1.165, 1.54) is 0 Å². The van der Waals surface area contributed by atoms with Crippen molar-refractivity contribution in [2.24, 2.45) is 0 Å². The molecule has 3 aliphatic rings. The zero-order valence-corrected chi connectivity index (χ0v) is 18.3. The molecule has 0 aromatic carbocycles. The van der Waals surface area contributed by atoms with Crippen molar-refractivity contribution >= 4 is 5.78 Å². The van der Waals surface area contributed by atoms with Crippen molar-refractivity contribution in [1.82, 2.24) is 0 Å². The third-order valence-corrected chi connectivity index (χ3v) is 6.13. The van der Waals surface area contributed by atoms with Crippen molar-refractivity contribution in [3.05, 3.63) is 0 Å². The van der Waals surface area contributed by atoms with Gasteiger partial charge in [0.25, 0.3) is 0 Å². The standard InChI is InChI=1S/2C6H12O6.C6H10O6/c3*7-1-2(8)4(10)6(12)5(11)3(1)9/h2*1-12H;1-5,7-11H/t;;1?,2-,3?,4?,5-/m..0/s1. The molecule has 17 N–H and O–H groups in total. The molecule has 0 heterocycles. The quantitative estimate of drug-likeness (QED) is 0.136. The average molecular weight is 538 g/mol. The summed E-state index contributed by atoms with van der Waals surface area (Å²) in [6.07, 6.45) is -28.5. The smallest absolute Gasteiger partial charge is 0.195 e. The Balaban J connectivity index is 0.000000270. The third kappa shape index (κ3) is 6.70. The lowest BCUT2D eigenvalue weighted by Gasteiger charge is -2.39. The maximum atomic E-state index is 10.8. The maximum absolute atomic E-state index is 10.8. The van der Waals surface area contributed by atoms with E-state index in [9.17, 15) is 4.79 Å². The Hall–Kier alpha value is -1.01. The van der Waals surface area contributed by atoms with E-state index >= 15 is 0 Å². The fourth-order valence-corrected chi connectivity index (χ4v) is 3.51. The lowest BCUT2D eigenvalue weighted by molar-refractivity contribution is -0.223. The molecule has 0 aromatic rings. The molecule has 18 heteroatoms. The highest BCUT2D eigenvalue weighted by molar-refractivity contribution is 5.89. The zero-order valence-electron chi connectivity index (χ0n) is 18.3. The van der Waals surface area contributed by atoms with Gasteiger partial charge in [-0.05, 0) is 0 Å². The fourth-order valence-electron chi connectivity index (χ4n) is 3.51. The first-order chi connectivity index (χ1) is 16.4. The number of Topliss-reactive ketones (excluding diaryl/α,β-unsaturated/α-hetero) is 1. The molecule has 3 rings (SSSR count). The van der Waals surface area contributed by atoms with Gasteiger partial charge in [0.15, 0.2) is 5.78 Å². The minimum absolute atomic E-state index is 1.08. The summed E-state index contributed by atoms with van der Waals surface area (Å²) in [6.45, 7) is 0. The number of aliphatic hydroxyl groups is 17. The van der Waals surface area contributed by atoms with Gasteiger partial charge in [0.2, 0.25) is 0 Å². The van der Waals surface area contributed by atoms with Crippen LogP contribution in [-0.4, -0.2) is 196 Å². The molecule has 0 aromatic heterocycles. The zero-order chi connectivity index (χ0) is 28.4. The van der Waals surface area contributed by atoms with Crippen molar-refractivity contribution < 1.29 is 91.6 Å². The Morgan fingerprint density at radius 1 is 0.250 bits per heavy atom. The van der Waals surface area contributed by atoms with Crippen LogP contribution in [0.3, 0.4) is 0 Å². The van der Waals surface area contributed by atoms with Crippen LogP contribution in [0, 0.1) is 0 Å². The molecule has 0 amide bonds. The molecule has 3 unspecified atom stereocenters. The highest BCUT2D eigenvalue weighted by Gasteiger charge is 2.49. The van der Waals surface area contributed by atoms with Crippen molar-refractivity contribution in [2.45, 2.75) is 104 Å². The molecule has 36 heavy (non-hydrogen) atoms. The Morgan fingerprint density at radius 3 is 0.500 bits per heavy atom. The third-order valence-electron chi connectivity index (χ3n) is 6.13. The SMILES string of the molecule is O=C1C(O)[C@@H](O)C(O)C(O)[C@@H]1O.OC1C(O)C(O)C(O)C(O)C1O.OC1C(O)C(O)C(O)C(O)C1O. The van der Waals surface area contributed by atoms with Gasteiger partial charge in [0, 0.05) is 0 Å². The van der Waals surface area contributed by atoms with E-state index in [0.29, 0.717) is 0 Å². The largest absolute Gasteiger partial charge is 0.387 e. The summed E-state index contributed by atoms with van der Waals surface area (Å²) in [5.41, 5.74) is 0. The molecule has 0 aliphatic heterocycles. The van der Waals surface area contributed by atoms with Gasteiger partial charge in [-0.15, -0.1) is 0 Å². The van der Waals surface area contributed by atoms with Crippen LogP contribution in [-0.2, 0) is 4.79 Å². The first kappa shape index (κ1) is 33.0. The van der Waals surface area contributed by atoms with Crippen molar-refractivity contribution in [3.63, 3.8) is 0 Å². The molecule has 0 saturated heterocycles. The van der Waals surface area contributed by atoms with Gasteiger partial charge < -0.3 is 86.8 Å². The molecular formula is C18H34O18. The molecule has 3 aliphatic carbocycles. The number of carbonyl (C=O) groups is 1. The summed E-state index contributed by atoms with van der Waals surface area (Å²) in [5.74, 6) is -1.08. The number of carbonyl (C=O) groups excluding carboxylic acids is 1. The lowest BCUT2D eigenvalue weighted by Crippen LogP contribution is -2.63. The molecule has 3 saturated carbocycles. The van der Waals surface area contributed by atoms with E-state index < -0.39 is 110 Å². The van der Waals surface area contributed by atoms with Crippen molar-refractivity contribution in [1.29, 1.82) is 0 Å². The summed E-state index contributed by atoms with van der Waals surface area (Å²) in [7, 11) is 0. The van der Waals surface area contributed by atoms with E-state index in [1.807, 2.05) is 0 Å². The van der Waals surface area contributed by atoms with Crippen LogP contribution in [0.4, 0.5) is 0 Å². The summed E-state index contributed by atoms with van der Waals surface area (Å²) in [4.78, 5) is 10.8. The number of hydrogen-bond donors (Lipinski definition) is 17. The van der Waals surface area contributed by atoms with Crippen LogP contribution in [0.25, 0.3) is 0 Å². The number of rotatable bonds is 0. The summed E-state index contributed by atoms with van der Waals surface area (Å²) >= 11 is 0. The Labute approximate surface area is 202 Å². The Kier molecular flexibility index (Phi) is 12.1. The van der Waals surface area contributed by atoms with Crippen LogP contribution in [0.1, 0.15) is 0 Å². The molecule has 0 radical (unpaired) electrons. The topological polar surface area (TPSA) is 361 Å². The normalized spacial score (nSPS) is 53.5. The van der Waals surface area contributed by atoms with Gasteiger partial charge in [-0.2, -0.15) is 0 Å². The highest BCUT2D eigenvalue weighted by atomic mass is 16.4. The van der Waals surface area contributed by atoms with Crippen LogP contribution in [0.2, 0.25) is 0 Å². The van der Waals surface area contributed by atoms with Crippen LogP contribution < -0.4 is 0 Å². The summed E-state index contributed by atoms with van der Waals surface area (Å²) in [5, 5.41) is 152. The first-order valence-corrected chi connectivity index (χ1v) is 10.5. The lowest BCUT2D eigenvalue weighted by atomic mass is 9.85. The van der Waals surface area contributed by atoms with Crippen LogP contribution in [0.5, 0.6) is 0 Å². The summed E-state index contributed by atoms with van der Waals surface area (Å²) in [6, 6.07) is 0. The van der Waals surface area contributed by atoms with E-state index in [-0.39, 0.29) is 0 Å². The van der Waals surface area contributed by atoms with E-state index in [2.05, 4.69) is 0 Å². The second-order valence-electron chi connectivity index (χ2n) is 8.65. The predicted molar refractivity (Wildman–Crippen MR) is 107 cm³/mol. The van der Waals surface area contributed by atoms with Gasteiger partial charge in [-0.25, -0.2) is 0 Å². The van der Waals surface area contributed by atoms with Crippen LogP contribution in [0.15, 0.2) is 0 Å². The van der Waals surface area contributed by atoms with E-state index in [1.54, 1.807) is 0 Å². The molecule has 3 fully saturated rings. The summed E-state index contributed by atoms with van der Waals surface area (Å²) < 4.78 is 0. The maximum Gasteiger partial charge on any atom is 0.195 e. The first-order valence-electron chi connectivity index (χ1n) is 10.5. The van der Waals surface area contributed by atoms with Gasteiger partial charge in [0.05, 0.1) is 0 Å². The average Bonchev–Trinajstić information content (AvgIpc) is 2.87. The number of ketones is 1. The van der Waals surface area contributed by atoms with E-state index in [0.717, 1.165) is 0 Å². The van der Waals surface area contributed by atoms with E-state index in [4.69, 9.17) is 86.8 Å². The minimum atomic E-state index is -1.83. The molecule has 0 spiro atoms. The monoisotopic (exact) mass is 538 g/mol. The molecule has 5 atom stereocenters. The van der Waals surface area contributed by atoms with Gasteiger partial charge in [-0.1, -0.05) is 0 Å². The molecule has 0 bridgehead atoms. The molecule has 214 valence electrons. The van der Waals surface area contributed by atoms with Gasteiger partial charge in [0.1, 0.15) is 104 Å². The van der Waals surface area contributed by atoms with Crippen molar-refractivity contribution in [2.75, 3.05) is 0 Å². The minimum Gasteiger partial charge on any atom is -0.387 e. The number of aliphatic hydroxyl groups excluding tert-OH is 17. The van der Waals surface area contributed by atoms with Gasteiger partial charge in [-0.3, -0.25) is 4.79 Å².